The number of fused-ring (bicyclic) bond motifs is 5. The number of rotatable bonds is 6. The van der Waals surface area contributed by atoms with Gasteiger partial charge in [0.15, 0.2) is 0 Å². The molecule has 4 saturated carbocycles. The van der Waals surface area contributed by atoms with Crippen molar-refractivity contribution in [3.05, 3.63) is 11.6 Å². The summed E-state index contributed by atoms with van der Waals surface area (Å²) in [7, 11) is 0. The van der Waals surface area contributed by atoms with Crippen LogP contribution in [-0.2, 0) is 28.6 Å². The summed E-state index contributed by atoms with van der Waals surface area (Å²) in [5.41, 5.74) is -0.728. The second-order valence-electron chi connectivity index (χ2n) is 14.3. The molecule has 2 aliphatic heterocycles. The van der Waals surface area contributed by atoms with E-state index in [1.165, 1.54) is 13.0 Å². The van der Waals surface area contributed by atoms with Crippen LogP contribution < -0.4 is 10.6 Å². The zero-order valence-corrected chi connectivity index (χ0v) is 25.7. The normalized spacial score (nSPS) is 42.2. The molecule has 0 aromatic rings. The van der Waals surface area contributed by atoms with Gasteiger partial charge in [0.1, 0.15) is 18.8 Å². The molecule has 4 aliphatic carbocycles. The van der Waals surface area contributed by atoms with Crippen LogP contribution in [0.3, 0.4) is 0 Å². The number of nitrogens with one attached hydrogen (secondary N) is 2. The van der Waals surface area contributed by atoms with E-state index in [0.29, 0.717) is 44.4 Å². The highest BCUT2D eigenvalue weighted by Crippen LogP contribution is 2.70. The summed E-state index contributed by atoms with van der Waals surface area (Å²) >= 11 is 0. The summed E-state index contributed by atoms with van der Waals surface area (Å²) in [5, 5.41) is 18.5. The number of aliphatic hydroxyl groups is 1. The molecule has 1 saturated heterocycles. The van der Waals surface area contributed by atoms with E-state index in [9.17, 15) is 24.3 Å². The van der Waals surface area contributed by atoms with Crippen molar-refractivity contribution >= 4 is 23.9 Å². The number of esters is 2. The van der Waals surface area contributed by atoms with Crippen LogP contribution in [0.25, 0.3) is 0 Å². The molecular formula is C32H47N3O8. The van der Waals surface area contributed by atoms with Gasteiger partial charge in [0, 0.05) is 56.9 Å². The summed E-state index contributed by atoms with van der Waals surface area (Å²) in [6, 6.07) is 0. The molecule has 11 nitrogen and oxygen atoms in total. The SMILES string of the molecule is CC(=O)OC1CC2(O)C3CCC4CC(OC(=O)NCCN5CCNCC5=O)CCC4(C)C3CCC2(C)C1C1=CC(=O)OC1. The molecule has 0 spiro atoms. The molecule has 0 radical (unpaired) electrons. The van der Waals surface area contributed by atoms with Gasteiger partial charge in [-0.15, -0.1) is 0 Å². The van der Waals surface area contributed by atoms with E-state index in [1.807, 2.05) is 0 Å². The molecule has 0 aromatic carbocycles. The zero-order valence-electron chi connectivity index (χ0n) is 25.7. The molecule has 0 aromatic heterocycles. The van der Waals surface area contributed by atoms with Gasteiger partial charge in [-0.05, 0) is 73.7 Å². The Labute approximate surface area is 253 Å². The van der Waals surface area contributed by atoms with Crippen molar-refractivity contribution in [2.24, 2.45) is 34.5 Å². The topological polar surface area (TPSA) is 144 Å². The lowest BCUT2D eigenvalue weighted by atomic mass is 9.43. The third kappa shape index (κ3) is 5.24. The van der Waals surface area contributed by atoms with E-state index in [0.717, 1.165) is 57.1 Å². The Morgan fingerprint density at radius 2 is 1.95 bits per heavy atom. The molecule has 2 heterocycles. The highest BCUT2D eigenvalue weighted by atomic mass is 16.6. The van der Waals surface area contributed by atoms with Crippen molar-refractivity contribution in [3.63, 3.8) is 0 Å². The largest absolute Gasteiger partial charge is 0.462 e. The van der Waals surface area contributed by atoms with Crippen molar-refractivity contribution in [2.75, 3.05) is 39.3 Å². The van der Waals surface area contributed by atoms with Crippen LogP contribution in [0.15, 0.2) is 11.6 Å². The highest BCUT2D eigenvalue weighted by molar-refractivity contribution is 5.85. The lowest BCUT2D eigenvalue weighted by Gasteiger charge is -2.63. The Hall–Kier alpha value is -2.66. The molecule has 3 N–H and O–H groups in total. The first kappa shape index (κ1) is 30.4. The number of cyclic esters (lactones) is 1. The van der Waals surface area contributed by atoms with Crippen LogP contribution in [0, 0.1) is 34.5 Å². The van der Waals surface area contributed by atoms with Gasteiger partial charge >= 0.3 is 18.0 Å². The number of nitrogens with zero attached hydrogens (tertiary/aromatic N) is 1. The fourth-order valence-corrected chi connectivity index (χ4v) is 10.2. The molecule has 9 unspecified atom stereocenters. The minimum Gasteiger partial charge on any atom is -0.462 e. The lowest BCUT2D eigenvalue weighted by Crippen LogP contribution is -2.62. The summed E-state index contributed by atoms with van der Waals surface area (Å²) < 4.78 is 17.0. The minimum absolute atomic E-state index is 0.0136. The number of carbonyl (C=O) groups is 4. The molecule has 6 rings (SSSR count). The van der Waals surface area contributed by atoms with Gasteiger partial charge in [-0.3, -0.25) is 9.59 Å². The standard InChI is InChI=1S/C32H47N3O8/c1-19(36)42-25-16-32(40)24-5-4-21-15-22(43-29(39)34-11-13-35-12-10-33-17-26(35)37)6-8-30(21,2)23(24)7-9-31(32,3)28(25)20-14-27(38)41-18-20/h14,21-25,28,33,40H,4-13,15-18H2,1-3H3,(H,34,39). The summed E-state index contributed by atoms with van der Waals surface area (Å²) in [6.45, 7) is 8.66. The number of amides is 2. The van der Waals surface area contributed by atoms with E-state index in [4.69, 9.17) is 14.2 Å². The van der Waals surface area contributed by atoms with Crippen molar-refractivity contribution in [3.8, 4) is 0 Å². The van der Waals surface area contributed by atoms with Crippen LogP contribution in [0.2, 0.25) is 0 Å². The van der Waals surface area contributed by atoms with Crippen molar-refractivity contribution in [1.29, 1.82) is 0 Å². The predicted octanol–water partition coefficient (Wildman–Crippen LogP) is 2.31. The third-order valence-corrected chi connectivity index (χ3v) is 12.3. The first-order valence-electron chi connectivity index (χ1n) is 16.1. The average Bonchev–Trinajstić information content (AvgIpc) is 3.46. The molecule has 43 heavy (non-hydrogen) atoms. The van der Waals surface area contributed by atoms with Crippen LogP contribution in [0.4, 0.5) is 4.79 Å². The molecule has 11 heteroatoms. The van der Waals surface area contributed by atoms with Gasteiger partial charge < -0.3 is 34.9 Å². The smallest absolute Gasteiger partial charge is 0.407 e. The third-order valence-electron chi connectivity index (χ3n) is 12.3. The number of piperazine rings is 1. The van der Waals surface area contributed by atoms with Crippen LogP contribution in [0.1, 0.15) is 72.1 Å². The Kier molecular flexibility index (Phi) is 8.03. The molecule has 0 bridgehead atoms. The van der Waals surface area contributed by atoms with Crippen molar-refractivity contribution in [1.82, 2.24) is 15.5 Å². The first-order chi connectivity index (χ1) is 20.4. The number of ether oxygens (including phenoxy) is 3. The maximum absolute atomic E-state index is 12.7. The Bertz CT molecular complexity index is 1190. The second-order valence-corrected chi connectivity index (χ2v) is 14.3. The quantitative estimate of drug-likeness (QED) is 0.309. The van der Waals surface area contributed by atoms with Gasteiger partial charge in [-0.1, -0.05) is 13.8 Å². The molecular weight excluding hydrogens is 554 g/mol. The molecule has 9 atom stereocenters. The fourth-order valence-electron chi connectivity index (χ4n) is 10.2. The van der Waals surface area contributed by atoms with E-state index >= 15 is 0 Å². The van der Waals surface area contributed by atoms with E-state index in [-0.39, 0.29) is 47.8 Å². The van der Waals surface area contributed by atoms with Gasteiger partial charge in [-0.2, -0.15) is 0 Å². The minimum atomic E-state index is -1.03. The maximum Gasteiger partial charge on any atom is 0.407 e. The molecule has 238 valence electrons. The van der Waals surface area contributed by atoms with Crippen molar-refractivity contribution in [2.45, 2.75) is 89.9 Å². The average molecular weight is 602 g/mol. The van der Waals surface area contributed by atoms with Gasteiger partial charge in [-0.25, -0.2) is 9.59 Å². The summed E-state index contributed by atoms with van der Waals surface area (Å²) in [4.78, 5) is 50.5. The maximum atomic E-state index is 12.7. The Balaban J connectivity index is 1.11. The molecule has 2 amide bonds. The second kappa shape index (κ2) is 11.4. The van der Waals surface area contributed by atoms with Crippen LogP contribution in [0.5, 0.6) is 0 Å². The Morgan fingerprint density at radius 3 is 2.67 bits per heavy atom. The summed E-state index contributed by atoms with van der Waals surface area (Å²) in [6.07, 6.45) is 6.87. The number of alkyl carbamates (subject to hydrolysis) is 1. The number of carbonyl (C=O) groups excluding carboxylic acids is 4. The highest BCUT2D eigenvalue weighted by Gasteiger charge is 2.71. The number of hydrogen-bond acceptors (Lipinski definition) is 9. The van der Waals surface area contributed by atoms with Gasteiger partial charge in [0.2, 0.25) is 5.91 Å². The molecule has 6 aliphatic rings. The van der Waals surface area contributed by atoms with Gasteiger partial charge in [0.05, 0.1) is 12.1 Å². The van der Waals surface area contributed by atoms with Crippen LogP contribution >= 0.6 is 0 Å². The molecule has 5 fully saturated rings. The van der Waals surface area contributed by atoms with Gasteiger partial charge in [0.25, 0.3) is 0 Å². The van der Waals surface area contributed by atoms with E-state index in [2.05, 4.69) is 24.5 Å². The summed E-state index contributed by atoms with van der Waals surface area (Å²) in [5.74, 6) is -0.210. The van der Waals surface area contributed by atoms with E-state index in [1.54, 1.807) is 4.90 Å². The fraction of sp³-hybridized carbons (Fsp3) is 0.812. The number of hydrogen-bond donors (Lipinski definition) is 3. The van der Waals surface area contributed by atoms with Crippen molar-refractivity contribution < 1.29 is 38.5 Å². The van der Waals surface area contributed by atoms with Crippen LogP contribution in [-0.4, -0.2) is 91.1 Å². The first-order valence-corrected chi connectivity index (χ1v) is 16.1. The zero-order chi connectivity index (χ0) is 30.6. The monoisotopic (exact) mass is 601 g/mol. The lowest BCUT2D eigenvalue weighted by molar-refractivity contribution is -0.208. The van der Waals surface area contributed by atoms with E-state index < -0.39 is 23.2 Å². The Morgan fingerprint density at radius 1 is 1.14 bits per heavy atom. The predicted molar refractivity (Wildman–Crippen MR) is 154 cm³/mol.